The zero-order valence-corrected chi connectivity index (χ0v) is 10.4. The van der Waals surface area contributed by atoms with Gasteiger partial charge in [0, 0.05) is 38.8 Å². The van der Waals surface area contributed by atoms with E-state index in [9.17, 15) is 4.79 Å². The van der Waals surface area contributed by atoms with Crippen LogP contribution in [-0.4, -0.2) is 61.1 Å². The highest BCUT2D eigenvalue weighted by atomic mass is 16.5. The number of carbonyl (C=O) groups excluding carboxylic acids is 1. The predicted molar refractivity (Wildman–Crippen MR) is 64.7 cm³/mol. The third kappa shape index (κ3) is 2.33. The molecule has 1 amide bonds. The van der Waals surface area contributed by atoms with Crippen LogP contribution < -0.4 is 0 Å². The molecule has 0 spiro atoms. The van der Waals surface area contributed by atoms with Crippen LogP contribution in [0, 0.1) is 5.92 Å². The highest BCUT2D eigenvalue weighted by molar-refractivity contribution is 5.79. The predicted octanol–water partition coefficient (Wildman–Crippen LogP) is 0.720. The summed E-state index contributed by atoms with van der Waals surface area (Å²) in [7, 11) is 0. The molecule has 1 saturated carbocycles. The van der Waals surface area contributed by atoms with Gasteiger partial charge in [-0.15, -0.1) is 0 Å². The Morgan fingerprint density at radius 3 is 2.35 bits per heavy atom. The van der Waals surface area contributed by atoms with Gasteiger partial charge in [0.25, 0.3) is 0 Å². The molecule has 1 aliphatic carbocycles. The summed E-state index contributed by atoms with van der Waals surface area (Å²) in [5.74, 6) is 0.473. The normalized spacial score (nSPS) is 31.5. The molecule has 0 aromatic rings. The van der Waals surface area contributed by atoms with Crippen molar-refractivity contribution >= 4 is 5.91 Å². The van der Waals surface area contributed by atoms with Crippen molar-refractivity contribution in [2.75, 3.05) is 39.4 Å². The number of amides is 1. The third-order valence-electron chi connectivity index (χ3n) is 4.50. The summed E-state index contributed by atoms with van der Waals surface area (Å²) in [5.41, 5.74) is 0. The number of hydrogen-bond acceptors (Lipinski definition) is 3. The SMILES string of the molecule is O=C(C1CCOC1)N1CCN(C2CCC2)CC1. The van der Waals surface area contributed by atoms with Gasteiger partial charge in [0.15, 0.2) is 0 Å². The molecule has 96 valence electrons. The molecule has 2 saturated heterocycles. The van der Waals surface area contributed by atoms with E-state index >= 15 is 0 Å². The van der Waals surface area contributed by atoms with Crippen molar-refractivity contribution in [1.29, 1.82) is 0 Å². The topological polar surface area (TPSA) is 32.8 Å². The van der Waals surface area contributed by atoms with Crippen molar-refractivity contribution in [1.82, 2.24) is 9.80 Å². The average molecular weight is 238 g/mol. The zero-order valence-electron chi connectivity index (χ0n) is 10.4. The number of piperazine rings is 1. The average Bonchev–Trinajstić information content (AvgIpc) is 2.80. The van der Waals surface area contributed by atoms with E-state index in [0.29, 0.717) is 12.5 Å². The lowest BCUT2D eigenvalue weighted by Crippen LogP contribution is -2.54. The van der Waals surface area contributed by atoms with Crippen LogP contribution in [0.15, 0.2) is 0 Å². The van der Waals surface area contributed by atoms with Gasteiger partial charge < -0.3 is 9.64 Å². The number of ether oxygens (including phenoxy) is 1. The molecule has 2 heterocycles. The summed E-state index contributed by atoms with van der Waals surface area (Å²) in [5, 5.41) is 0. The molecule has 1 unspecified atom stereocenters. The molecule has 0 radical (unpaired) electrons. The maximum atomic E-state index is 12.2. The summed E-state index contributed by atoms with van der Waals surface area (Å²) in [6.45, 7) is 5.39. The maximum Gasteiger partial charge on any atom is 0.228 e. The van der Waals surface area contributed by atoms with Gasteiger partial charge >= 0.3 is 0 Å². The second kappa shape index (κ2) is 4.94. The molecule has 1 atom stereocenters. The van der Waals surface area contributed by atoms with Crippen molar-refractivity contribution in [3.63, 3.8) is 0 Å². The molecule has 3 rings (SSSR count). The first-order valence-electron chi connectivity index (χ1n) is 6.95. The Hall–Kier alpha value is -0.610. The molecule has 0 bridgehead atoms. The first-order valence-corrected chi connectivity index (χ1v) is 6.95. The third-order valence-corrected chi connectivity index (χ3v) is 4.50. The quantitative estimate of drug-likeness (QED) is 0.710. The number of hydrogen-bond donors (Lipinski definition) is 0. The number of rotatable bonds is 2. The molecule has 4 heteroatoms. The Bertz CT molecular complexity index is 277. The Morgan fingerprint density at radius 2 is 1.82 bits per heavy atom. The largest absolute Gasteiger partial charge is 0.381 e. The van der Waals surface area contributed by atoms with Gasteiger partial charge in [0.1, 0.15) is 0 Å². The summed E-state index contributed by atoms with van der Waals surface area (Å²) in [4.78, 5) is 16.8. The lowest BCUT2D eigenvalue weighted by Gasteiger charge is -2.43. The molecule has 4 nitrogen and oxygen atoms in total. The monoisotopic (exact) mass is 238 g/mol. The molecule has 0 aromatic heterocycles. The van der Waals surface area contributed by atoms with Crippen LogP contribution in [0.25, 0.3) is 0 Å². The van der Waals surface area contributed by atoms with E-state index in [-0.39, 0.29) is 5.92 Å². The van der Waals surface area contributed by atoms with Crippen LogP contribution in [0.3, 0.4) is 0 Å². The van der Waals surface area contributed by atoms with E-state index in [2.05, 4.69) is 9.80 Å². The summed E-state index contributed by atoms with van der Waals surface area (Å²) >= 11 is 0. The molecule has 2 aliphatic heterocycles. The van der Waals surface area contributed by atoms with E-state index in [1.54, 1.807) is 0 Å². The van der Waals surface area contributed by atoms with Crippen LogP contribution in [0.2, 0.25) is 0 Å². The van der Waals surface area contributed by atoms with Crippen molar-refractivity contribution < 1.29 is 9.53 Å². The van der Waals surface area contributed by atoms with Gasteiger partial charge in [-0.05, 0) is 19.3 Å². The minimum atomic E-state index is 0.144. The van der Waals surface area contributed by atoms with Crippen LogP contribution in [0.4, 0.5) is 0 Å². The van der Waals surface area contributed by atoms with E-state index in [0.717, 1.165) is 45.2 Å². The lowest BCUT2D eigenvalue weighted by molar-refractivity contribution is -0.137. The van der Waals surface area contributed by atoms with Crippen LogP contribution in [0.5, 0.6) is 0 Å². The standard InChI is InChI=1S/C13H22N2O2/c16-13(11-4-9-17-10-11)15-7-5-14(6-8-15)12-2-1-3-12/h11-12H,1-10H2. The van der Waals surface area contributed by atoms with E-state index in [1.165, 1.54) is 19.3 Å². The Morgan fingerprint density at radius 1 is 1.06 bits per heavy atom. The van der Waals surface area contributed by atoms with Crippen molar-refractivity contribution in [3.8, 4) is 0 Å². The fourth-order valence-corrected chi connectivity index (χ4v) is 3.05. The van der Waals surface area contributed by atoms with Gasteiger partial charge in [0.2, 0.25) is 5.91 Å². The fraction of sp³-hybridized carbons (Fsp3) is 0.923. The summed E-state index contributed by atoms with van der Waals surface area (Å²) < 4.78 is 5.30. The second-order valence-corrected chi connectivity index (χ2v) is 5.51. The van der Waals surface area contributed by atoms with Crippen LogP contribution >= 0.6 is 0 Å². The van der Waals surface area contributed by atoms with Gasteiger partial charge in [-0.2, -0.15) is 0 Å². The van der Waals surface area contributed by atoms with Gasteiger partial charge in [-0.25, -0.2) is 0 Å². The summed E-state index contributed by atoms with van der Waals surface area (Å²) in [6.07, 6.45) is 5.04. The molecular weight excluding hydrogens is 216 g/mol. The first-order chi connectivity index (χ1) is 8.34. The van der Waals surface area contributed by atoms with E-state index in [4.69, 9.17) is 4.74 Å². The minimum Gasteiger partial charge on any atom is -0.381 e. The maximum absolute atomic E-state index is 12.2. The molecule has 3 aliphatic rings. The van der Waals surface area contributed by atoms with E-state index < -0.39 is 0 Å². The van der Waals surface area contributed by atoms with Crippen molar-refractivity contribution in [2.24, 2.45) is 5.92 Å². The molecule has 17 heavy (non-hydrogen) atoms. The van der Waals surface area contributed by atoms with Crippen molar-refractivity contribution in [3.05, 3.63) is 0 Å². The highest BCUT2D eigenvalue weighted by Crippen LogP contribution is 2.26. The number of nitrogens with zero attached hydrogens (tertiary/aromatic N) is 2. The fourth-order valence-electron chi connectivity index (χ4n) is 3.05. The first kappa shape index (κ1) is 11.5. The Balaban J connectivity index is 1.48. The summed E-state index contributed by atoms with van der Waals surface area (Å²) in [6, 6.07) is 0.821. The lowest BCUT2D eigenvalue weighted by atomic mass is 9.91. The van der Waals surface area contributed by atoms with Crippen LogP contribution in [0.1, 0.15) is 25.7 Å². The van der Waals surface area contributed by atoms with E-state index in [1.807, 2.05) is 0 Å². The van der Waals surface area contributed by atoms with Gasteiger partial charge in [-0.3, -0.25) is 9.69 Å². The zero-order chi connectivity index (χ0) is 11.7. The highest BCUT2D eigenvalue weighted by Gasteiger charge is 2.32. The molecule has 0 aromatic carbocycles. The molecular formula is C13H22N2O2. The smallest absolute Gasteiger partial charge is 0.228 e. The molecule has 3 fully saturated rings. The second-order valence-electron chi connectivity index (χ2n) is 5.51. The van der Waals surface area contributed by atoms with Crippen molar-refractivity contribution in [2.45, 2.75) is 31.7 Å². The van der Waals surface area contributed by atoms with Crippen LogP contribution in [-0.2, 0) is 9.53 Å². The Kier molecular flexibility index (Phi) is 3.34. The van der Waals surface area contributed by atoms with Gasteiger partial charge in [-0.1, -0.05) is 6.42 Å². The Labute approximate surface area is 103 Å². The molecule has 0 N–H and O–H groups in total. The minimum absolute atomic E-state index is 0.144. The van der Waals surface area contributed by atoms with Gasteiger partial charge in [0.05, 0.1) is 12.5 Å². The number of carbonyl (C=O) groups is 1.